The van der Waals surface area contributed by atoms with E-state index in [4.69, 9.17) is 4.74 Å². The lowest BCUT2D eigenvalue weighted by Gasteiger charge is -2.34. The number of hydrogen-bond donors (Lipinski definition) is 2. The Morgan fingerprint density at radius 1 is 1.65 bits per heavy atom. The monoisotopic (exact) mass is 238 g/mol. The number of carbonyl (C=O) groups excluding carboxylic acids is 1. The van der Waals surface area contributed by atoms with Gasteiger partial charge in [-0.2, -0.15) is 5.10 Å². The molecule has 5 nitrogen and oxygen atoms in total. The summed E-state index contributed by atoms with van der Waals surface area (Å²) >= 11 is 0. The molecule has 0 amide bonds. The predicted octanol–water partition coefficient (Wildman–Crippen LogP) is 1.35. The zero-order valence-electron chi connectivity index (χ0n) is 9.98. The molecule has 0 atom stereocenters. The second-order valence-corrected chi connectivity index (χ2v) is 4.54. The lowest BCUT2D eigenvalue weighted by Crippen LogP contribution is -2.34. The lowest BCUT2D eigenvalue weighted by atomic mass is 9.76. The molecule has 17 heavy (non-hydrogen) atoms. The summed E-state index contributed by atoms with van der Waals surface area (Å²) in [5.74, 6) is -0.205. The summed E-state index contributed by atoms with van der Waals surface area (Å²) in [6, 6.07) is 0. The molecule has 1 aliphatic carbocycles. The second-order valence-electron chi connectivity index (χ2n) is 4.54. The first kappa shape index (κ1) is 12.1. The molecule has 1 heterocycles. The van der Waals surface area contributed by atoms with Crippen LogP contribution in [0.2, 0.25) is 0 Å². The molecule has 5 heteroatoms. The van der Waals surface area contributed by atoms with E-state index in [1.54, 1.807) is 12.4 Å². The molecule has 2 N–H and O–H groups in total. The van der Waals surface area contributed by atoms with Crippen molar-refractivity contribution in [3.63, 3.8) is 0 Å². The number of aromatic amines is 1. The molecule has 1 saturated carbocycles. The van der Waals surface area contributed by atoms with E-state index >= 15 is 0 Å². The molecular weight excluding hydrogens is 220 g/mol. The molecule has 0 spiro atoms. The molecular formula is C12H18N2O3. The zero-order chi connectivity index (χ0) is 12.3. The largest absolute Gasteiger partial charge is 0.466 e. The van der Waals surface area contributed by atoms with Gasteiger partial charge in [-0.3, -0.25) is 9.89 Å². The van der Waals surface area contributed by atoms with Crippen LogP contribution in [0.5, 0.6) is 0 Å². The minimum Gasteiger partial charge on any atom is -0.466 e. The van der Waals surface area contributed by atoms with Crippen LogP contribution in [0.1, 0.15) is 38.2 Å². The second kappa shape index (κ2) is 4.87. The number of aromatic nitrogens is 2. The predicted molar refractivity (Wildman–Crippen MR) is 61.1 cm³/mol. The van der Waals surface area contributed by atoms with Crippen molar-refractivity contribution >= 4 is 5.97 Å². The van der Waals surface area contributed by atoms with Crippen molar-refractivity contribution in [2.75, 3.05) is 6.61 Å². The Balaban J connectivity index is 1.96. The van der Waals surface area contributed by atoms with Gasteiger partial charge in [-0.25, -0.2) is 0 Å². The van der Waals surface area contributed by atoms with Gasteiger partial charge in [0.05, 0.1) is 24.3 Å². The van der Waals surface area contributed by atoms with Crippen molar-refractivity contribution in [1.29, 1.82) is 0 Å². The van der Waals surface area contributed by atoms with Crippen LogP contribution in [0.15, 0.2) is 12.4 Å². The third kappa shape index (κ3) is 2.49. The maximum atomic E-state index is 11.6. The molecule has 0 unspecified atom stereocenters. The Bertz CT molecular complexity index is 367. The molecule has 0 aliphatic heterocycles. The fraction of sp³-hybridized carbons (Fsp3) is 0.667. The molecule has 1 aromatic heterocycles. The SMILES string of the molecule is CCOC(=O)C1CCC(O)(c2cn[nH]c2)CC1. The van der Waals surface area contributed by atoms with Gasteiger partial charge in [-0.15, -0.1) is 0 Å². The number of hydrogen-bond acceptors (Lipinski definition) is 4. The fourth-order valence-corrected chi connectivity index (χ4v) is 2.39. The quantitative estimate of drug-likeness (QED) is 0.779. The molecule has 2 rings (SSSR count). The van der Waals surface area contributed by atoms with Gasteiger partial charge in [-0.05, 0) is 32.6 Å². The summed E-state index contributed by atoms with van der Waals surface area (Å²) in [6.07, 6.45) is 5.85. The summed E-state index contributed by atoms with van der Waals surface area (Å²) in [5.41, 5.74) is -0.0319. The van der Waals surface area contributed by atoms with Crippen molar-refractivity contribution in [2.45, 2.75) is 38.2 Å². The van der Waals surface area contributed by atoms with E-state index in [0.29, 0.717) is 32.3 Å². The van der Waals surface area contributed by atoms with E-state index in [1.807, 2.05) is 6.92 Å². The van der Waals surface area contributed by atoms with Gasteiger partial charge in [0.1, 0.15) is 0 Å². The normalized spacial score (nSPS) is 28.9. The number of H-pyrrole nitrogens is 1. The maximum Gasteiger partial charge on any atom is 0.308 e. The summed E-state index contributed by atoms with van der Waals surface area (Å²) in [6.45, 7) is 2.23. The average Bonchev–Trinajstić information content (AvgIpc) is 2.84. The Kier molecular flexibility index (Phi) is 3.47. The molecule has 0 aromatic carbocycles. The molecule has 1 aromatic rings. The lowest BCUT2D eigenvalue weighted by molar-refractivity contribution is -0.151. The van der Waals surface area contributed by atoms with Crippen LogP contribution in [-0.4, -0.2) is 27.9 Å². The fourth-order valence-electron chi connectivity index (χ4n) is 2.39. The van der Waals surface area contributed by atoms with Gasteiger partial charge in [0.2, 0.25) is 0 Å². The smallest absolute Gasteiger partial charge is 0.308 e. The van der Waals surface area contributed by atoms with Gasteiger partial charge < -0.3 is 9.84 Å². The van der Waals surface area contributed by atoms with E-state index in [2.05, 4.69) is 10.2 Å². The van der Waals surface area contributed by atoms with Crippen LogP contribution in [0.25, 0.3) is 0 Å². The first-order valence-electron chi connectivity index (χ1n) is 6.04. The Morgan fingerprint density at radius 3 is 2.88 bits per heavy atom. The molecule has 1 aliphatic rings. The van der Waals surface area contributed by atoms with E-state index in [0.717, 1.165) is 5.56 Å². The highest BCUT2D eigenvalue weighted by molar-refractivity contribution is 5.72. The standard InChI is InChI=1S/C12H18N2O3/c1-2-17-11(15)9-3-5-12(16,6-4-9)10-7-13-14-8-10/h7-9,16H,2-6H2,1H3,(H,13,14). The van der Waals surface area contributed by atoms with Crippen LogP contribution in [0, 0.1) is 5.92 Å². The highest BCUT2D eigenvalue weighted by Crippen LogP contribution is 2.39. The van der Waals surface area contributed by atoms with Crippen LogP contribution in [0.3, 0.4) is 0 Å². The van der Waals surface area contributed by atoms with E-state index < -0.39 is 5.60 Å². The number of carbonyl (C=O) groups is 1. The van der Waals surface area contributed by atoms with Crippen molar-refractivity contribution in [2.24, 2.45) is 5.92 Å². The molecule has 1 fully saturated rings. The Hall–Kier alpha value is -1.36. The average molecular weight is 238 g/mol. The Labute approximate surface area is 100 Å². The van der Waals surface area contributed by atoms with Gasteiger partial charge in [0.25, 0.3) is 0 Å². The first-order chi connectivity index (χ1) is 8.15. The minimum absolute atomic E-state index is 0.0675. The van der Waals surface area contributed by atoms with E-state index in [1.165, 1.54) is 0 Å². The number of ether oxygens (including phenoxy) is 1. The molecule has 0 bridgehead atoms. The van der Waals surface area contributed by atoms with Crippen LogP contribution >= 0.6 is 0 Å². The molecule has 0 radical (unpaired) electrons. The van der Waals surface area contributed by atoms with Crippen LogP contribution < -0.4 is 0 Å². The topological polar surface area (TPSA) is 75.2 Å². The summed E-state index contributed by atoms with van der Waals surface area (Å²) in [5, 5.41) is 17.0. The summed E-state index contributed by atoms with van der Waals surface area (Å²) in [7, 11) is 0. The Morgan fingerprint density at radius 2 is 2.35 bits per heavy atom. The van der Waals surface area contributed by atoms with Gasteiger partial charge >= 0.3 is 5.97 Å². The van der Waals surface area contributed by atoms with Crippen LogP contribution in [-0.2, 0) is 15.1 Å². The molecule has 0 saturated heterocycles. The number of nitrogens with one attached hydrogen (secondary N) is 1. The molecule has 94 valence electrons. The van der Waals surface area contributed by atoms with Gasteiger partial charge in [-0.1, -0.05) is 0 Å². The van der Waals surface area contributed by atoms with Crippen molar-refractivity contribution in [3.05, 3.63) is 18.0 Å². The van der Waals surface area contributed by atoms with E-state index in [9.17, 15) is 9.90 Å². The summed E-state index contributed by atoms with van der Waals surface area (Å²) < 4.78 is 5.00. The number of nitrogens with zero attached hydrogens (tertiary/aromatic N) is 1. The third-order valence-electron chi connectivity index (χ3n) is 3.47. The number of aliphatic hydroxyl groups is 1. The van der Waals surface area contributed by atoms with Crippen molar-refractivity contribution in [1.82, 2.24) is 10.2 Å². The minimum atomic E-state index is -0.837. The number of rotatable bonds is 3. The van der Waals surface area contributed by atoms with Crippen molar-refractivity contribution in [3.8, 4) is 0 Å². The highest BCUT2D eigenvalue weighted by Gasteiger charge is 2.38. The van der Waals surface area contributed by atoms with Gasteiger partial charge in [0.15, 0.2) is 0 Å². The third-order valence-corrected chi connectivity index (χ3v) is 3.47. The van der Waals surface area contributed by atoms with Gasteiger partial charge in [0, 0.05) is 11.8 Å². The highest BCUT2D eigenvalue weighted by atomic mass is 16.5. The van der Waals surface area contributed by atoms with Crippen LogP contribution in [0.4, 0.5) is 0 Å². The van der Waals surface area contributed by atoms with E-state index in [-0.39, 0.29) is 11.9 Å². The van der Waals surface area contributed by atoms with Crippen molar-refractivity contribution < 1.29 is 14.6 Å². The summed E-state index contributed by atoms with van der Waals surface area (Å²) in [4.78, 5) is 11.6. The zero-order valence-corrected chi connectivity index (χ0v) is 9.98. The number of esters is 1. The first-order valence-corrected chi connectivity index (χ1v) is 6.04. The maximum absolute atomic E-state index is 11.6.